The third-order valence-corrected chi connectivity index (χ3v) is 7.47. The molecule has 0 bridgehead atoms. The third-order valence-electron chi connectivity index (χ3n) is 5.59. The monoisotopic (exact) mass is 425 g/mol. The summed E-state index contributed by atoms with van der Waals surface area (Å²) in [6, 6.07) is 13.6. The van der Waals surface area contributed by atoms with Gasteiger partial charge >= 0.3 is 0 Å². The van der Waals surface area contributed by atoms with Gasteiger partial charge in [0.2, 0.25) is 10.0 Å². The number of pyridine rings is 1. The van der Waals surface area contributed by atoms with Gasteiger partial charge in [-0.05, 0) is 44.4 Å². The van der Waals surface area contributed by atoms with Crippen molar-refractivity contribution in [1.82, 2.24) is 19.1 Å². The standard InChI is InChI=1S/C22H27N5O2S/c1-17-21(18(2)27(25-17)16-19-8-4-3-5-9-19)15-24-22-11-10-20(14-23-22)30(28,29)26-12-6-7-13-26/h3-5,8-11,14H,6-7,12-13,15-16H2,1-2H3,(H,23,24). The van der Waals surface area contributed by atoms with E-state index >= 15 is 0 Å². The minimum atomic E-state index is -3.43. The number of aryl methyl sites for hydroxylation is 1. The maximum absolute atomic E-state index is 12.6. The van der Waals surface area contributed by atoms with E-state index in [1.165, 1.54) is 16.1 Å². The van der Waals surface area contributed by atoms with E-state index in [2.05, 4.69) is 34.5 Å². The Morgan fingerprint density at radius 2 is 1.77 bits per heavy atom. The topological polar surface area (TPSA) is 80.1 Å². The van der Waals surface area contributed by atoms with Crippen LogP contribution in [0.15, 0.2) is 53.6 Å². The van der Waals surface area contributed by atoms with Gasteiger partial charge in [0.15, 0.2) is 0 Å². The van der Waals surface area contributed by atoms with Crippen LogP contribution >= 0.6 is 0 Å². The lowest BCUT2D eigenvalue weighted by Crippen LogP contribution is -2.27. The van der Waals surface area contributed by atoms with E-state index in [0.29, 0.717) is 25.5 Å². The maximum Gasteiger partial charge on any atom is 0.244 e. The summed E-state index contributed by atoms with van der Waals surface area (Å²) < 4.78 is 28.8. The largest absolute Gasteiger partial charge is 0.366 e. The zero-order valence-corrected chi connectivity index (χ0v) is 18.2. The molecule has 2 aromatic heterocycles. The second-order valence-electron chi connectivity index (χ2n) is 7.64. The number of sulfonamides is 1. The summed E-state index contributed by atoms with van der Waals surface area (Å²) in [7, 11) is -3.43. The minimum absolute atomic E-state index is 0.248. The van der Waals surface area contributed by atoms with Crippen LogP contribution in [0.25, 0.3) is 0 Å². The van der Waals surface area contributed by atoms with Crippen molar-refractivity contribution in [2.24, 2.45) is 0 Å². The van der Waals surface area contributed by atoms with Crippen molar-refractivity contribution in [3.8, 4) is 0 Å². The smallest absolute Gasteiger partial charge is 0.244 e. The number of anilines is 1. The Morgan fingerprint density at radius 3 is 2.43 bits per heavy atom. The first-order valence-corrected chi connectivity index (χ1v) is 11.7. The molecule has 0 aliphatic carbocycles. The Morgan fingerprint density at radius 1 is 1.03 bits per heavy atom. The molecule has 30 heavy (non-hydrogen) atoms. The van der Waals surface area contributed by atoms with Crippen LogP contribution in [0.3, 0.4) is 0 Å². The van der Waals surface area contributed by atoms with Crippen molar-refractivity contribution in [1.29, 1.82) is 0 Å². The summed E-state index contributed by atoms with van der Waals surface area (Å²) in [6.07, 6.45) is 3.28. The first-order chi connectivity index (χ1) is 14.4. The highest BCUT2D eigenvalue weighted by Crippen LogP contribution is 2.21. The fourth-order valence-corrected chi connectivity index (χ4v) is 5.26. The van der Waals surface area contributed by atoms with Crippen molar-refractivity contribution in [2.75, 3.05) is 18.4 Å². The Balaban J connectivity index is 1.43. The summed E-state index contributed by atoms with van der Waals surface area (Å²) in [5, 5.41) is 7.97. The summed E-state index contributed by atoms with van der Waals surface area (Å²) in [4.78, 5) is 4.57. The fraction of sp³-hybridized carbons (Fsp3) is 0.364. The molecule has 3 heterocycles. The second kappa shape index (κ2) is 8.57. The van der Waals surface area contributed by atoms with Crippen LogP contribution < -0.4 is 5.32 Å². The molecule has 1 N–H and O–H groups in total. The molecular weight excluding hydrogens is 398 g/mol. The van der Waals surface area contributed by atoms with Gasteiger partial charge in [0, 0.05) is 37.1 Å². The number of hydrogen-bond donors (Lipinski definition) is 1. The van der Waals surface area contributed by atoms with E-state index in [0.717, 1.165) is 36.3 Å². The summed E-state index contributed by atoms with van der Waals surface area (Å²) >= 11 is 0. The molecule has 1 fully saturated rings. The molecule has 1 saturated heterocycles. The molecule has 4 rings (SSSR count). The summed E-state index contributed by atoms with van der Waals surface area (Å²) in [6.45, 7) is 6.57. The van der Waals surface area contributed by atoms with E-state index in [-0.39, 0.29) is 4.90 Å². The van der Waals surface area contributed by atoms with Crippen LogP contribution in [-0.2, 0) is 23.1 Å². The zero-order chi connectivity index (χ0) is 21.1. The highest BCUT2D eigenvalue weighted by Gasteiger charge is 2.27. The molecule has 1 aliphatic heterocycles. The van der Waals surface area contributed by atoms with Gasteiger partial charge in [-0.2, -0.15) is 9.40 Å². The van der Waals surface area contributed by atoms with Crippen LogP contribution in [0.4, 0.5) is 5.82 Å². The van der Waals surface area contributed by atoms with Crippen molar-refractivity contribution in [3.63, 3.8) is 0 Å². The van der Waals surface area contributed by atoms with Gasteiger partial charge in [0.25, 0.3) is 0 Å². The number of nitrogens with zero attached hydrogens (tertiary/aromatic N) is 4. The highest BCUT2D eigenvalue weighted by molar-refractivity contribution is 7.89. The SMILES string of the molecule is Cc1nn(Cc2ccccc2)c(C)c1CNc1ccc(S(=O)(=O)N2CCCC2)cn1. The van der Waals surface area contributed by atoms with Crippen molar-refractivity contribution in [3.05, 3.63) is 71.2 Å². The number of benzene rings is 1. The third kappa shape index (κ3) is 4.24. The molecule has 0 amide bonds. The first-order valence-electron chi connectivity index (χ1n) is 10.2. The normalized spacial score (nSPS) is 14.9. The van der Waals surface area contributed by atoms with Crippen LogP contribution in [0.5, 0.6) is 0 Å². The van der Waals surface area contributed by atoms with Crippen LogP contribution in [-0.4, -0.2) is 40.6 Å². The van der Waals surface area contributed by atoms with Gasteiger partial charge in [-0.25, -0.2) is 13.4 Å². The molecule has 0 saturated carbocycles. The van der Waals surface area contributed by atoms with E-state index in [1.807, 2.05) is 29.8 Å². The number of rotatable bonds is 7. The molecule has 1 aromatic carbocycles. The van der Waals surface area contributed by atoms with E-state index in [9.17, 15) is 8.42 Å². The molecule has 3 aromatic rings. The lowest BCUT2D eigenvalue weighted by atomic mass is 10.2. The van der Waals surface area contributed by atoms with Crippen LogP contribution in [0, 0.1) is 13.8 Å². The number of nitrogens with one attached hydrogen (secondary N) is 1. The minimum Gasteiger partial charge on any atom is -0.366 e. The second-order valence-corrected chi connectivity index (χ2v) is 9.57. The fourth-order valence-electron chi connectivity index (χ4n) is 3.79. The van der Waals surface area contributed by atoms with E-state index in [4.69, 9.17) is 0 Å². The Bertz CT molecular complexity index is 1100. The molecule has 0 unspecified atom stereocenters. The predicted octanol–water partition coefficient (Wildman–Crippen LogP) is 3.34. The van der Waals surface area contributed by atoms with Crippen molar-refractivity contribution >= 4 is 15.8 Å². The quantitative estimate of drug-likeness (QED) is 0.628. The van der Waals surface area contributed by atoms with E-state index < -0.39 is 10.0 Å². The number of hydrogen-bond acceptors (Lipinski definition) is 5. The molecule has 0 spiro atoms. The molecule has 0 atom stereocenters. The first kappa shape index (κ1) is 20.6. The highest BCUT2D eigenvalue weighted by atomic mass is 32.2. The molecule has 158 valence electrons. The van der Waals surface area contributed by atoms with Crippen LogP contribution in [0.1, 0.15) is 35.4 Å². The summed E-state index contributed by atoms with van der Waals surface area (Å²) in [5.41, 5.74) is 4.42. The molecule has 8 heteroatoms. The molecular formula is C22H27N5O2S. The Hall–Kier alpha value is -2.71. The predicted molar refractivity (Wildman–Crippen MR) is 117 cm³/mol. The van der Waals surface area contributed by atoms with Gasteiger partial charge in [0.1, 0.15) is 10.7 Å². The molecule has 0 radical (unpaired) electrons. The van der Waals surface area contributed by atoms with Gasteiger partial charge in [-0.1, -0.05) is 30.3 Å². The van der Waals surface area contributed by atoms with Crippen molar-refractivity contribution < 1.29 is 8.42 Å². The number of aromatic nitrogens is 3. The van der Waals surface area contributed by atoms with Crippen LogP contribution in [0.2, 0.25) is 0 Å². The van der Waals surface area contributed by atoms with Gasteiger partial charge < -0.3 is 5.32 Å². The lowest BCUT2D eigenvalue weighted by Gasteiger charge is -2.15. The zero-order valence-electron chi connectivity index (χ0n) is 17.4. The van der Waals surface area contributed by atoms with Gasteiger partial charge in [-0.3, -0.25) is 4.68 Å². The Labute approximate surface area is 177 Å². The molecule has 1 aliphatic rings. The van der Waals surface area contributed by atoms with E-state index in [1.54, 1.807) is 12.1 Å². The lowest BCUT2D eigenvalue weighted by molar-refractivity contribution is 0.477. The Kier molecular flexibility index (Phi) is 5.87. The van der Waals surface area contributed by atoms with Crippen molar-refractivity contribution in [2.45, 2.75) is 44.7 Å². The average Bonchev–Trinajstić information content (AvgIpc) is 3.38. The maximum atomic E-state index is 12.6. The average molecular weight is 426 g/mol. The van der Waals surface area contributed by atoms with Gasteiger partial charge in [0.05, 0.1) is 12.2 Å². The van der Waals surface area contributed by atoms with Gasteiger partial charge in [-0.15, -0.1) is 0 Å². The summed E-state index contributed by atoms with van der Waals surface area (Å²) in [5.74, 6) is 0.644. The molecule has 7 nitrogen and oxygen atoms in total.